The summed E-state index contributed by atoms with van der Waals surface area (Å²) in [6, 6.07) is -0.484. The van der Waals surface area contributed by atoms with Crippen LogP contribution < -0.4 is 10.6 Å². The number of likely N-dealkylation sites (tertiary alicyclic amines) is 1. The van der Waals surface area contributed by atoms with Gasteiger partial charge in [-0.1, -0.05) is 27.2 Å². The topological polar surface area (TPSA) is 87.7 Å². The van der Waals surface area contributed by atoms with Crippen molar-refractivity contribution in [1.82, 2.24) is 15.5 Å². The maximum Gasteiger partial charge on any atom is 0.409 e. The Bertz CT molecular complexity index is 552. The Balaban J connectivity index is 1.87. The van der Waals surface area contributed by atoms with Crippen molar-refractivity contribution in [2.75, 3.05) is 19.7 Å². The predicted octanol–water partition coefficient (Wildman–Crippen LogP) is 3.08. The summed E-state index contributed by atoms with van der Waals surface area (Å²) in [5.41, 5.74) is 0. The maximum absolute atomic E-state index is 13.0. The van der Waals surface area contributed by atoms with Gasteiger partial charge in [-0.3, -0.25) is 9.59 Å². The quantitative estimate of drug-likeness (QED) is 0.676. The summed E-state index contributed by atoms with van der Waals surface area (Å²) in [7, 11) is 0. The van der Waals surface area contributed by atoms with Crippen LogP contribution in [0, 0.1) is 17.8 Å². The first-order chi connectivity index (χ1) is 13.8. The number of carbonyl (C=O) groups is 3. The third-order valence-electron chi connectivity index (χ3n) is 6.55. The number of hydrogen-bond acceptors (Lipinski definition) is 4. The average molecular weight is 410 g/mol. The molecule has 0 aromatic heterocycles. The van der Waals surface area contributed by atoms with E-state index in [1.165, 1.54) is 0 Å². The number of hydrogen-bond donors (Lipinski definition) is 2. The molecule has 1 aliphatic heterocycles. The van der Waals surface area contributed by atoms with Gasteiger partial charge in [0.25, 0.3) is 0 Å². The molecule has 2 fully saturated rings. The van der Waals surface area contributed by atoms with E-state index in [4.69, 9.17) is 4.74 Å². The highest BCUT2D eigenvalue weighted by molar-refractivity contribution is 5.89. The summed E-state index contributed by atoms with van der Waals surface area (Å²) in [4.78, 5) is 39.2. The largest absolute Gasteiger partial charge is 0.450 e. The van der Waals surface area contributed by atoms with Crippen LogP contribution in [0.2, 0.25) is 0 Å². The van der Waals surface area contributed by atoms with Crippen molar-refractivity contribution in [1.29, 1.82) is 0 Å². The lowest BCUT2D eigenvalue weighted by Crippen LogP contribution is -2.55. The molecule has 7 heteroatoms. The fourth-order valence-electron chi connectivity index (χ4n) is 4.21. The molecule has 2 N–H and O–H groups in total. The van der Waals surface area contributed by atoms with Gasteiger partial charge in [-0.15, -0.1) is 0 Å². The third-order valence-corrected chi connectivity index (χ3v) is 6.55. The van der Waals surface area contributed by atoms with Crippen LogP contribution >= 0.6 is 0 Å². The number of piperidine rings is 1. The Morgan fingerprint density at radius 3 is 2.21 bits per heavy atom. The lowest BCUT2D eigenvalue weighted by Gasteiger charge is -2.34. The highest BCUT2D eigenvalue weighted by Gasteiger charge is 2.32. The molecule has 0 radical (unpaired) electrons. The van der Waals surface area contributed by atoms with Crippen molar-refractivity contribution >= 4 is 17.9 Å². The number of rotatable bonds is 7. The lowest BCUT2D eigenvalue weighted by atomic mass is 9.82. The highest BCUT2D eigenvalue weighted by Crippen LogP contribution is 2.28. The molecule has 0 aromatic carbocycles. The predicted molar refractivity (Wildman–Crippen MR) is 112 cm³/mol. The SMILES string of the molecule is CCOC(=O)N1CCC(NC(=O)[C@H](NC(=O)C2CCC(C)CC2)[C@H](C)CC)CC1. The summed E-state index contributed by atoms with van der Waals surface area (Å²) in [5, 5.41) is 6.16. The van der Waals surface area contributed by atoms with Gasteiger partial charge in [0, 0.05) is 25.0 Å². The second kappa shape index (κ2) is 11.4. The minimum atomic E-state index is -0.505. The summed E-state index contributed by atoms with van der Waals surface area (Å²) in [6.45, 7) is 9.59. The molecule has 0 unspecified atom stereocenters. The molecular weight excluding hydrogens is 370 g/mol. The lowest BCUT2D eigenvalue weighted by molar-refractivity contribution is -0.133. The second-order valence-corrected chi connectivity index (χ2v) is 8.80. The summed E-state index contributed by atoms with van der Waals surface area (Å²) in [5.74, 6) is 0.702. The molecule has 7 nitrogen and oxygen atoms in total. The zero-order valence-corrected chi connectivity index (χ0v) is 18.5. The van der Waals surface area contributed by atoms with Crippen LogP contribution in [-0.4, -0.2) is 54.6 Å². The highest BCUT2D eigenvalue weighted by atomic mass is 16.6. The van der Waals surface area contributed by atoms with Crippen molar-refractivity contribution in [3.63, 3.8) is 0 Å². The molecular formula is C22H39N3O4. The summed E-state index contributed by atoms with van der Waals surface area (Å²) < 4.78 is 5.04. The van der Waals surface area contributed by atoms with Crippen molar-refractivity contribution in [2.45, 2.75) is 84.7 Å². The van der Waals surface area contributed by atoms with Crippen LogP contribution in [0.1, 0.15) is 72.6 Å². The summed E-state index contributed by atoms with van der Waals surface area (Å²) in [6.07, 6.45) is 5.92. The molecule has 0 spiro atoms. The van der Waals surface area contributed by atoms with Gasteiger partial charge in [-0.25, -0.2) is 4.79 Å². The first kappa shape index (κ1) is 23.5. The van der Waals surface area contributed by atoms with E-state index in [1.807, 2.05) is 13.8 Å². The van der Waals surface area contributed by atoms with Gasteiger partial charge in [-0.2, -0.15) is 0 Å². The van der Waals surface area contributed by atoms with Crippen molar-refractivity contribution in [3.05, 3.63) is 0 Å². The van der Waals surface area contributed by atoms with Gasteiger partial charge in [0.1, 0.15) is 6.04 Å². The van der Waals surface area contributed by atoms with Crippen LogP contribution in [0.25, 0.3) is 0 Å². The van der Waals surface area contributed by atoms with Crippen molar-refractivity contribution < 1.29 is 19.1 Å². The van der Waals surface area contributed by atoms with E-state index >= 15 is 0 Å². The molecule has 29 heavy (non-hydrogen) atoms. The second-order valence-electron chi connectivity index (χ2n) is 8.80. The molecule has 2 atom stereocenters. The first-order valence-corrected chi connectivity index (χ1v) is 11.4. The van der Waals surface area contributed by atoms with E-state index < -0.39 is 6.04 Å². The van der Waals surface area contributed by atoms with Gasteiger partial charge in [-0.05, 0) is 57.3 Å². The van der Waals surface area contributed by atoms with Gasteiger partial charge in [0.05, 0.1) is 6.61 Å². The Kier molecular flexibility index (Phi) is 9.24. The molecule has 3 amide bonds. The molecule has 2 aliphatic rings. The standard InChI is InChI=1S/C22H39N3O4/c1-5-16(4)19(24-20(26)17-9-7-15(3)8-10-17)21(27)23-18-11-13-25(14-12-18)22(28)29-6-2/h15-19H,5-14H2,1-4H3,(H,23,27)(H,24,26)/t15?,16-,17?,19-/m1/s1. The van der Waals surface area contributed by atoms with Crippen LogP contribution in [-0.2, 0) is 14.3 Å². The molecule has 1 aliphatic carbocycles. The first-order valence-electron chi connectivity index (χ1n) is 11.4. The van der Waals surface area contributed by atoms with Crippen LogP contribution in [0.4, 0.5) is 4.79 Å². The zero-order chi connectivity index (χ0) is 21.4. The Morgan fingerprint density at radius 1 is 1.03 bits per heavy atom. The van der Waals surface area contributed by atoms with Gasteiger partial charge < -0.3 is 20.3 Å². The fraction of sp³-hybridized carbons (Fsp3) is 0.864. The fourth-order valence-corrected chi connectivity index (χ4v) is 4.21. The Labute approximate surface area is 175 Å². The van der Waals surface area contributed by atoms with E-state index in [9.17, 15) is 14.4 Å². The molecule has 0 aromatic rings. The molecule has 1 saturated carbocycles. The number of nitrogens with zero attached hydrogens (tertiary/aromatic N) is 1. The Hall–Kier alpha value is -1.79. The number of amides is 3. The number of nitrogens with one attached hydrogen (secondary N) is 2. The van der Waals surface area contributed by atoms with Crippen molar-refractivity contribution in [2.24, 2.45) is 17.8 Å². The van der Waals surface area contributed by atoms with Crippen LogP contribution in [0.5, 0.6) is 0 Å². The summed E-state index contributed by atoms with van der Waals surface area (Å²) >= 11 is 0. The third kappa shape index (κ3) is 6.89. The van der Waals surface area contributed by atoms with E-state index in [0.717, 1.165) is 32.1 Å². The molecule has 1 saturated heterocycles. The van der Waals surface area contributed by atoms with E-state index in [0.29, 0.717) is 38.5 Å². The van der Waals surface area contributed by atoms with Crippen LogP contribution in [0.15, 0.2) is 0 Å². The maximum atomic E-state index is 13.0. The minimum Gasteiger partial charge on any atom is -0.450 e. The van der Waals surface area contributed by atoms with E-state index in [1.54, 1.807) is 11.8 Å². The Morgan fingerprint density at radius 2 is 1.66 bits per heavy atom. The number of carbonyl (C=O) groups excluding carboxylic acids is 3. The molecule has 166 valence electrons. The normalized spacial score (nSPS) is 25.0. The van der Waals surface area contributed by atoms with Crippen LogP contribution in [0.3, 0.4) is 0 Å². The molecule has 2 rings (SSSR count). The monoisotopic (exact) mass is 409 g/mol. The van der Waals surface area contributed by atoms with Gasteiger partial charge >= 0.3 is 6.09 Å². The average Bonchev–Trinajstić information content (AvgIpc) is 2.72. The smallest absolute Gasteiger partial charge is 0.409 e. The number of ether oxygens (including phenoxy) is 1. The van der Waals surface area contributed by atoms with Crippen molar-refractivity contribution in [3.8, 4) is 0 Å². The van der Waals surface area contributed by atoms with Gasteiger partial charge in [0.2, 0.25) is 11.8 Å². The zero-order valence-electron chi connectivity index (χ0n) is 18.5. The molecule has 0 bridgehead atoms. The minimum absolute atomic E-state index is 0.0205. The van der Waals surface area contributed by atoms with Gasteiger partial charge in [0.15, 0.2) is 0 Å². The van der Waals surface area contributed by atoms with E-state index in [2.05, 4.69) is 17.6 Å². The molecule has 1 heterocycles. The van der Waals surface area contributed by atoms with E-state index in [-0.39, 0.29) is 35.8 Å².